The Labute approximate surface area is 124 Å². The number of likely N-dealkylation sites (tertiary alicyclic amines) is 1. The van der Waals surface area contributed by atoms with E-state index in [1.165, 1.54) is 0 Å². The molecule has 21 heavy (non-hydrogen) atoms. The van der Waals surface area contributed by atoms with Gasteiger partial charge in [0.05, 0.1) is 17.4 Å². The van der Waals surface area contributed by atoms with Crippen LogP contribution in [0.25, 0.3) is 5.69 Å². The average molecular weight is 284 g/mol. The van der Waals surface area contributed by atoms with Crippen molar-refractivity contribution < 1.29 is 4.79 Å². The molecule has 0 spiro atoms. The van der Waals surface area contributed by atoms with Crippen LogP contribution in [0.4, 0.5) is 0 Å². The van der Waals surface area contributed by atoms with Gasteiger partial charge in [-0.15, -0.1) is 0 Å². The lowest BCUT2D eigenvalue weighted by Gasteiger charge is -2.30. The quantitative estimate of drug-likeness (QED) is 0.913. The maximum atomic E-state index is 12.5. The van der Waals surface area contributed by atoms with E-state index in [1.54, 1.807) is 17.1 Å². The molecule has 1 saturated heterocycles. The highest BCUT2D eigenvalue weighted by atomic mass is 16.2. The van der Waals surface area contributed by atoms with Crippen molar-refractivity contribution in [3.63, 3.8) is 0 Å². The summed E-state index contributed by atoms with van der Waals surface area (Å²) in [7, 11) is 0. The summed E-state index contributed by atoms with van der Waals surface area (Å²) in [5, 5.41) is 4.32. The fraction of sp³-hybridized carbons (Fsp3) is 0.375. The Morgan fingerprint density at radius 2 is 2.19 bits per heavy atom. The zero-order valence-corrected chi connectivity index (χ0v) is 12.2. The highest BCUT2D eigenvalue weighted by molar-refractivity contribution is 5.94. The molecule has 2 heterocycles. The number of benzene rings is 1. The lowest BCUT2D eigenvalue weighted by molar-refractivity contribution is 0.0709. The van der Waals surface area contributed by atoms with Gasteiger partial charge in [0.15, 0.2) is 0 Å². The Morgan fingerprint density at radius 3 is 2.95 bits per heavy atom. The van der Waals surface area contributed by atoms with Crippen LogP contribution in [0, 0.1) is 6.92 Å². The Balaban J connectivity index is 1.82. The first-order valence-electron chi connectivity index (χ1n) is 7.30. The van der Waals surface area contributed by atoms with Crippen molar-refractivity contribution in [2.24, 2.45) is 5.73 Å². The highest BCUT2D eigenvalue weighted by Gasteiger charge is 2.23. The normalized spacial score (nSPS) is 18.8. The SMILES string of the molecule is Cc1ccccc1-n1cc(C(=O)N2CCC[C@H](N)C2)cn1. The van der Waals surface area contributed by atoms with Gasteiger partial charge in [0.1, 0.15) is 0 Å². The standard InChI is InChI=1S/C16H20N4O/c1-12-5-2-3-7-15(12)20-10-13(9-18-20)16(21)19-8-4-6-14(17)11-19/h2-3,5,7,9-10,14H,4,6,8,11,17H2,1H3/t14-/m0/s1. The molecule has 1 aromatic heterocycles. The van der Waals surface area contributed by atoms with Crippen LogP contribution in [0.5, 0.6) is 0 Å². The van der Waals surface area contributed by atoms with Crippen molar-refractivity contribution in [2.45, 2.75) is 25.8 Å². The predicted molar refractivity (Wildman–Crippen MR) is 81.4 cm³/mol. The summed E-state index contributed by atoms with van der Waals surface area (Å²) in [6.45, 7) is 3.44. The first kappa shape index (κ1) is 13.8. The number of aromatic nitrogens is 2. The summed E-state index contributed by atoms with van der Waals surface area (Å²) in [5.41, 5.74) is 8.68. The molecule has 0 radical (unpaired) electrons. The maximum Gasteiger partial charge on any atom is 0.257 e. The minimum Gasteiger partial charge on any atom is -0.337 e. The monoisotopic (exact) mass is 284 g/mol. The van der Waals surface area contributed by atoms with Crippen LogP contribution in [-0.4, -0.2) is 39.7 Å². The third-order valence-corrected chi connectivity index (χ3v) is 3.94. The van der Waals surface area contributed by atoms with E-state index in [0.717, 1.165) is 30.6 Å². The first-order valence-corrected chi connectivity index (χ1v) is 7.30. The Hall–Kier alpha value is -2.14. The highest BCUT2D eigenvalue weighted by Crippen LogP contribution is 2.16. The van der Waals surface area contributed by atoms with Gasteiger partial charge in [-0.2, -0.15) is 5.10 Å². The molecular weight excluding hydrogens is 264 g/mol. The van der Waals surface area contributed by atoms with E-state index in [4.69, 9.17) is 5.73 Å². The molecule has 5 heteroatoms. The molecule has 1 aliphatic heterocycles. The number of hydrogen-bond donors (Lipinski definition) is 1. The van der Waals surface area contributed by atoms with Gasteiger partial charge < -0.3 is 10.6 Å². The number of carbonyl (C=O) groups excluding carboxylic acids is 1. The minimum atomic E-state index is 0.0185. The van der Waals surface area contributed by atoms with Crippen molar-refractivity contribution in [3.05, 3.63) is 47.8 Å². The Kier molecular flexibility index (Phi) is 3.75. The number of nitrogens with zero attached hydrogens (tertiary/aromatic N) is 3. The van der Waals surface area contributed by atoms with Gasteiger partial charge in [-0.3, -0.25) is 4.79 Å². The Morgan fingerprint density at radius 1 is 1.38 bits per heavy atom. The molecule has 3 rings (SSSR count). The van der Waals surface area contributed by atoms with Crippen LogP contribution in [-0.2, 0) is 0 Å². The molecule has 1 fully saturated rings. The lowest BCUT2D eigenvalue weighted by atomic mass is 10.1. The van der Waals surface area contributed by atoms with Crippen LogP contribution in [0.3, 0.4) is 0 Å². The van der Waals surface area contributed by atoms with E-state index >= 15 is 0 Å². The summed E-state index contributed by atoms with van der Waals surface area (Å²) >= 11 is 0. The van der Waals surface area contributed by atoms with Crippen molar-refractivity contribution in [2.75, 3.05) is 13.1 Å². The van der Waals surface area contributed by atoms with Crippen LogP contribution < -0.4 is 5.73 Å². The molecule has 1 aliphatic rings. The molecule has 5 nitrogen and oxygen atoms in total. The number of carbonyl (C=O) groups is 1. The number of amides is 1. The molecule has 0 unspecified atom stereocenters. The molecule has 1 amide bonds. The number of aryl methyl sites for hydroxylation is 1. The molecule has 1 atom stereocenters. The fourth-order valence-electron chi connectivity index (χ4n) is 2.76. The van der Waals surface area contributed by atoms with Crippen LogP contribution in [0.1, 0.15) is 28.8 Å². The van der Waals surface area contributed by atoms with Gasteiger partial charge in [-0.25, -0.2) is 4.68 Å². The smallest absolute Gasteiger partial charge is 0.257 e. The summed E-state index contributed by atoms with van der Waals surface area (Å²) < 4.78 is 1.76. The first-order chi connectivity index (χ1) is 10.1. The van der Waals surface area contributed by atoms with Crippen molar-refractivity contribution >= 4 is 5.91 Å². The second kappa shape index (κ2) is 5.69. The number of piperidine rings is 1. The van der Waals surface area contributed by atoms with Gasteiger partial charge in [0, 0.05) is 25.3 Å². The second-order valence-corrected chi connectivity index (χ2v) is 5.61. The molecule has 2 N–H and O–H groups in total. The van der Waals surface area contributed by atoms with E-state index in [0.29, 0.717) is 12.1 Å². The summed E-state index contributed by atoms with van der Waals surface area (Å²) in [5.74, 6) is 0.0185. The summed E-state index contributed by atoms with van der Waals surface area (Å²) in [6, 6.07) is 8.07. The van der Waals surface area contributed by atoms with Crippen LogP contribution >= 0.6 is 0 Å². The maximum absolute atomic E-state index is 12.5. The predicted octanol–water partition coefficient (Wildman–Crippen LogP) is 1.74. The van der Waals surface area contributed by atoms with Gasteiger partial charge >= 0.3 is 0 Å². The van der Waals surface area contributed by atoms with Gasteiger partial charge in [-0.1, -0.05) is 18.2 Å². The number of para-hydroxylation sites is 1. The number of rotatable bonds is 2. The number of hydrogen-bond acceptors (Lipinski definition) is 3. The van der Waals surface area contributed by atoms with E-state index in [-0.39, 0.29) is 11.9 Å². The topological polar surface area (TPSA) is 64.2 Å². The van der Waals surface area contributed by atoms with E-state index in [2.05, 4.69) is 5.10 Å². The lowest BCUT2D eigenvalue weighted by Crippen LogP contribution is -2.45. The molecule has 0 saturated carbocycles. The fourth-order valence-corrected chi connectivity index (χ4v) is 2.76. The summed E-state index contributed by atoms with van der Waals surface area (Å²) in [4.78, 5) is 14.3. The van der Waals surface area contributed by atoms with E-state index < -0.39 is 0 Å². The van der Waals surface area contributed by atoms with Gasteiger partial charge in [0.2, 0.25) is 0 Å². The molecule has 1 aromatic carbocycles. The van der Waals surface area contributed by atoms with E-state index in [1.807, 2.05) is 36.1 Å². The minimum absolute atomic E-state index is 0.0185. The Bertz CT molecular complexity index is 649. The van der Waals surface area contributed by atoms with Crippen molar-refractivity contribution in [3.8, 4) is 5.69 Å². The zero-order valence-electron chi connectivity index (χ0n) is 12.2. The molecule has 0 aliphatic carbocycles. The third-order valence-electron chi connectivity index (χ3n) is 3.94. The van der Waals surface area contributed by atoms with Crippen LogP contribution in [0.15, 0.2) is 36.7 Å². The summed E-state index contributed by atoms with van der Waals surface area (Å²) in [6.07, 6.45) is 5.39. The van der Waals surface area contributed by atoms with Crippen LogP contribution in [0.2, 0.25) is 0 Å². The van der Waals surface area contributed by atoms with Crippen molar-refractivity contribution in [1.82, 2.24) is 14.7 Å². The molecule has 110 valence electrons. The molecular formula is C16H20N4O. The molecule has 0 bridgehead atoms. The van der Waals surface area contributed by atoms with E-state index in [9.17, 15) is 4.79 Å². The largest absolute Gasteiger partial charge is 0.337 e. The van der Waals surface area contributed by atoms with Crippen molar-refractivity contribution in [1.29, 1.82) is 0 Å². The zero-order chi connectivity index (χ0) is 14.8. The average Bonchev–Trinajstić information content (AvgIpc) is 2.96. The molecule has 2 aromatic rings. The second-order valence-electron chi connectivity index (χ2n) is 5.61. The number of nitrogens with two attached hydrogens (primary N) is 1. The van der Waals surface area contributed by atoms with Gasteiger partial charge in [0.25, 0.3) is 5.91 Å². The van der Waals surface area contributed by atoms with Gasteiger partial charge in [-0.05, 0) is 31.4 Å². The third kappa shape index (κ3) is 2.83.